The van der Waals surface area contributed by atoms with Crippen LogP contribution in [-0.2, 0) is 33.4 Å². The molecule has 14 nitrogen and oxygen atoms in total. The van der Waals surface area contributed by atoms with Gasteiger partial charge in [0.05, 0.1) is 24.7 Å². The molecule has 1 rings (SSSR count). The number of hydrogen-bond donors (Lipinski definition) is 5. The lowest BCUT2D eigenvalue weighted by Crippen LogP contribution is -2.61. The molecule has 0 bridgehead atoms. The van der Waals surface area contributed by atoms with Gasteiger partial charge >= 0.3 is 12.1 Å². The molecule has 0 spiro atoms. The molecule has 14 heteroatoms. The summed E-state index contributed by atoms with van der Waals surface area (Å²) < 4.78 is 9.97. The van der Waals surface area contributed by atoms with E-state index >= 15 is 0 Å². The first-order chi connectivity index (χ1) is 21.1. The van der Waals surface area contributed by atoms with E-state index in [0.29, 0.717) is 19.3 Å². The molecule has 4 amide bonds. The molecule has 1 aliphatic rings. The average Bonchev–Trinajstić information content (AvgIpc) is 3.48. The topological polar surface area (TPSA) is 192 Å². The predicted octanol–water partition coefficient (Wildman–Crippen LogP) is 1.02. The SMILES string of the molecule is C=CCOC(=O)CNC(=O)C(=O)C(CCC)NC(=O)[C@@H]1CCCN1C(=O)[C@@H](NC(O)[C@@H](NC(=O)OCC(C)C)C(C)C)C(C)C. The lowest BCUT2D eigenvalue weighted by atomic mass is 9.98. The highest BCUT2D eigenvalue weighted by Gasteiger charge is 2.41. The number of nitrogens with one attached hydrogen (secondary N) is 4. The minimum absolute atomic E-state index is 0.0395. The van der Waals surface area contributed by atoms with Crippen LogP contribution in [0.4, 0.5) is 4.79 Å². The largest absolute Gasteiger partial charge is 0.460 e. The summed E-state index contributed by atoms with van der Waals surface area (Å²) in [7, 11) is 0. The molecule has 1 heterocycles. The summed E-state index contributed by atoms with van der Waals surface area (Å²) in [5.74, 6) is -4.07. The van der Waals surface area contributed by atoms with Crippen molar-refractivity contribution in [2.24, 2.45) is 17.8 Å². The second kappa shape index (κ2) is 19.8. The number of rotatable bonds is 19. The van der Waals surface area contributed by atoms with Gasteiger partial charge in [-0.05, 0) is 37.0 Å². The van der Waals surface area contributed by atoms with Crippen LogP contribution < -0.4 is 21.3 Å². The normalized spacial score (nSPS) is 17.3. The lowest BCUT2D eigenvalue weighted by molar-refractivity contribution is -0.145. The number of carbonyl (C=O) groups excluding carboxylic acids is 6. The van der Waals surface area contributed by atoms with Gasteiger partial charge in [-0.1, -0.05) is 67.5 Å². The van der Waals surface area contributed by atoms with E-state index in [4.69, 9.17) is 9.47 Å². The molecule has 1 fully saturated rings. The predicted molar refractivity (Wildman–Crippen MR) is 166 cm³/mol. The number of Topliss-reactive ketones (excluding diaryl/α,β-unsaturated/α-hetero) is 1. The van der Waals surface area contributed by atoms with Gasteiger partial charge in [-0.2, -0.15) is 0 Å². The summed E-state index contributed by atoms with van der Waals surface area (Å²) in [6, 6.07) is -3.72. The maximum atomic E-state index is 13.8. The van der Waals surface area contributed by atoms with Gasteiger partial charge in [0, 0.05) is 6.54 Å². The Bertz CT molecular complexity index is 1030. The number of amides is 4. The van der Waals surface area contributed by atoms with Crippen molar-refractivity contribution in [3.8, 4) is 0 Å². The molecule has 0 aliphatic carbocycles. The number of esters is 1. The first kappa shape index (κ1) is 39.5. The van der Waals surface area contributed by atoms with E-state index in [-0.39, 0.29) is 43.9 Å². The van der Waals surface area contributed by atoms with Gasteiger partial charge in [0.25, 0.3) is 5.91 Å². The van der Waals surface area contributed by atoms with Crippen molar-refractivity contribution in [3.05, 3.63) is 12.7 Å². The minimum Gasteiger partial charge on any atom is -0.460 e. The quantitative estimate of drug-likeness (QED) is 0.0590. The smallest absolute Gasteiger partial charge is 0.407 e. The van der Waals surface area contributed by atoms with Gasteiger partial charge in [-0.3, -0.25) is 29.3 Å². The molecule has 5 atom stereocenters. The molecule has 2 unspecified atom stereocenters. The van der Waals surface area contributed by atoms with Gasteiger partial charge in [0.15, 0.2) is 0 Å². The Balaban J connectivity index is 2.98. The molecule has 0 aromatic carbocycles. The second-order valence-corrected chi connectivity index (χ2v) is 12.3. The molecule has 0 aromatic heterocycles. The molecular weight excluding hydrogens is 586 g/mol. The van der Waals surface area contributed by atoms with Crippen LogP contribution in [0.25, 0.3) is 0 Å². The van der Waals surface area contributed by atoms with Crippen LogP contribution in [0.2, 0.25) is 0 Å². The van der Waals surface area contributed by atoms with E-state index in [9.17, 15) is 33.9 Å². The van der Waals surface area contributed by atoms with E-state index in [1.807, 2.05) is 27.7 Å². The number of aliphatic hydroxyl groups excluding tert-OH is 1. The summed E-state index contributed by atoms with van der Waals surface area (Å²) in [6.45, 7) is 16.2. The van der Waals surface area contributed by atoms with Crippen molar-refractivity contribution >= 4 is 35.6 Å². The Hall–Kier alpha value is -3.52. The van der Waals surface area contributed by atoms with Crippen molar-refractivity contribution in [2.45, 2.75) is 105 Å². The number of alkyl carbamates (subject to hydrolysis) is 1. The van der Waals surface area contributed by atoms with E-state index in [0.717, 1.165) is 0 Å². The van der Waals surface area contributed by atoms with E-state index in [2.05, 4.69) is 27.8 Å². The maximum Gasteiger partial charge on any atom is 0.407 e. The van der Waals surface area contributed by atoms with Crippen molar-refractivity contribution in [1.82, 2.24) is 26.2 Å². The second-order valence-electron chi connectivity index (χ2n) is 12.3. The zero-order chi connectivity index (χ0) is 34.3. The molecule has 0 saturated carbocycles. The Morgan fingerprint density at radius 2 is 1.67 bits per heavy atom. The Labute approximate surface area is 266 Å². The summed E-state index contributed by atoms with van der Waals surface area (Å²) in [6.07, 6.45) is 0.915. The molecule has 0 aromatic rings. The van der Waals surface area contributed by atoms with Gasteiger partial charge in [-0.15, -0.1) is 0 Å². The van der Waals surface area contributed by atoms with Crippen LogP contribution in [0.3, 0.4) is 0 Å². The molecule has 1 aliphatic heterocycles. The van der Waals surface area contributed by atoms with Crippen LogP contribution >= 0.6 is 0 Å². The fourth-order valence-electron chi connectivity index (χ4n) is 4.77. The van der Waals surface area contributed by atoms with Gasteiger partial charge in [0.1, 0.15) is 25.4 Å². The molecule has 256 valence electrons. The third kappa shape index (κ3) is 13.2. The minimum atomic E-state index is -1.30. The summed E-state index contributed by atoms with van der Waals surface area (Å²) in [4.78, 5) is 77.9. The standard InChI is InChI=1S/C31H53N5O9/c1-9-12-21(26(38)29(41)32-16-23(37)44-15-10-2)33-27(39)22-13-11-14-36(22)30(42)25(20(7)8)34-28(40)24(19(5)6)35-31(43)45-17-18(3)4/h10,18-22,24-25,28,34,40H,2,9,11-17H2,1,3-8H3,(H,32,41)(H,33,39)(H,35,43)/t21?,22-,24-,25-,28?/m0/s1. The van der Waals surface area contributed by atoms with Crippen LogP contribution in [0.5, 0.6) is 0 Å². The third-order valence-electron chi connectivity index (χ3n) is 7.20. The van der Waals surface area contributed by atoms with Gasteiger partial charge in [0.2, 0.25) is 17.6 Å². The average molecular weight is 640 g/mol. The van der Waals surface area contributed by atoms with Crippen molar-refractivity contribution in [3.63, 3.8) is 0 Å². The zero-order valence-electron chi connectivity index (χ0n) is 27.7. The van der Waals surface area contributed by atoms with Gasteiger partial charge < -0.3 is 35.4 Å². The van der Waals surface area contributed by atoms with Crippen molar-refractivity contribution in [1.29, 1.82) is 0 Å². The zero-order valence-corrected chi connectivity index (χ0v) is 27.7. The van der Waals surface area contributed by atoms with Crippen LogP contribution in [-0.4, -0.2) is 102 Å². The number of likely N-dealkylation sites (tertiary alicyclic amines) is 1. The monoisotopic (exact) mass is 639 g/mol. The van der Waals surface area contributed by atoms with Crippen LogP contribution in [0.1, 0.15) is 74.1 Å². The molecule has 5 N–H and O–H groups in total. The molecule has 45 heavy (non-hydrogen) atoms. The van der Waals surface area contributed by atoms with Crippen molar-refractivity contribution < 1.29 is 43.3 Å². The fourth-order valence-corrected chi connectivity index (χ4v) is 4.77. The van der Waals surface area contributed by atoms with Gasteiger partial charge in [-0.25, -0.2) is 4.79 Å². The number of ketones is 1. The summed E-state index contributed by atoms with van der Waals surface area (Å²) >= 11 is 0. The highest BCUT2D eigenvalue weighted by atomic mass is 16.5. The number of aliphatic hydroxyl groups is 1. The molecular formula is C31H53N5O9. The van der Waals surface area contributed by atoms with Crippen LogP contribution in [0.15, 0.2) is 12.7 Å². The number of hydrogen-bond acceptors (Lipinski definition) is 10. The number of ether oxygens (including phenoxy) is 2. The van der Waals surface area contributed by atoms with E-state index < -0.39 is 72.5 Å². The highest BCUT2D eigenvalue weighted by molar-refractivity contribution is 6.38. The first-order valence-electron chi connectivity index (χ1n) is 15.7. The van der Waals surface area contributed by atoms with Crippen LogP contribution in [0, 0.1) is 17.8 Å². The number of nitrogens with zero attached hydrogens (tertiary/aromatic N) is 1. The third-order valence-corrected chi connectivity index (χ3v) is 7.20. The summed E-state index contributed by atoms with van der Waals surface area (Å²) in [5.41, 5.74) is 0. The Morgan fingerprint density at radius 1 is 1.00 bits per heavy atom. The maximum absolute atomic E-state index is 13.8. The van der Waals surface area contributed by atoms with E-state index in [1.165, 1.54) is 11.0 Å². The summed E-state index contributed by atoms with van der Waals surface area (Å²) in [5, 5.41) is 21.5. The Morgan fingerprint density at radius 3 is 2.22 bits per heavy atom. The van der Waals surface area contributed by atoms with Crippen molar-refractivity contribution in [2.75, 3.05) is 26.3 Å². The lowest BCUT2D eigenvalue weighted by Gasteiger charge is -2.35. The fraction of sp³-hybridized carbons (Fsp3) is 0.742. The molecule has 0 radical (unpaired) electrons. The number of carbonyl (C=O) groups is 6. The first-order valence-corrected chi connectivity index (χ1v) is 15.7. The van der Waals surface area contributed by atoms with E-state index in [1.54, 1.807) is 20.8 Å². The highest BCUT2D eigenvalue weighted by Crippen LogP contribution is 2.22. The Kier molecular flexibility index (Phi) is 17.4. The molecule has 1 saturated heterocycles.